The minimum absolute atomic E-state index is 0.590. The highest BCUT2D eigenvalue weighted by molar-refractivity contribution is 5.00. The third-order valence-corrected chi connectivity index (χ3v) is 6.08. The van der Waals surface area contributed by atoms with Crippen LogP contribution in [-0.4, -0.2) is 9.55 Å². The first-order valence-electron chi connectivity index (χ1n) is 12.2. The summed E-state index contributed by atoms with van der Waals surface area (Å²) in [6, 6.07) is 0.592. The van der Waals surface area contributed by atoms with Gasteiger partial charge in [-0.05, 0) is 19.8 Å². The Morgan fingerprint density at radius 3 is 1.74 bits per heavy atom. The second-order valence-electron chi connectivity index (χ2n) is 8.76. The highest BCUT2D eigenvalue weighted by Crippen LogP contribution is 2.26. The lowest BCUT2D eigenvalue weighted by Gasteiger charge is -2.20. The molecule has 27 heavy (non-hydrogen) atoms. The van der Waals surface area contributed by atoms with Crippen LogP contribution in [0, 0.1) is 0 Å². The maximum atomic E-state index is 4.71. The van der Waals surface area contributed by atoms with E-state index in [1.807, 2.05) is 6.20 Å². The average Bonchev–Trinajstić information content (AvgIpc) is 3.16. The predicted octanol–water partition coefficient (Wildman–Crippen LogP) is 8.83. The van der Waals surface area contributed by atoms with E-state index in [0.29, 0.717) is 12.0 Å². The molecular formula is C25H48N2. The number of nitrogens with zero attached hydrogens (tertiary/aromatic N) is 2. The Hall–Kier alpha value is -0.790. The van der Waals surface area contributed by atoms with Gasteiger partial charge in [0.15, 0.2) is 0 Å². The van der Waals surface area contributed by atoms with E-state index in [0.717, 1.165) is 0 Å². The van der Waals surface area contributed by atoms with E-state index < -0.39 is 0 Å². The van der Waals surface area contributed by atoms with Crippen molar-refractivity contribution in [2.45, 2.75) is 142 Å². The highest BCUT2D eigenvalue weighted by atomic mass is 15.1. The number of rotatable bonds is 18. The quantitative estimate of drug-likeness (QED) is 0.234. The Labute approximate surface area is 170 Å². The molecule has 158 valence electrons. The summed E-state index contributed by atoms with van der Waals surface area (Å²) < 4.78 is 2.46. The standard InChI is InChI=1S/C25H48N2/c1-5-7-9-11-12-13-14-16-17-19-23(3)25-26-21-22-27(25)24(4)20-18-15-10-8-6-2/h21-24H,5-20H2,1-4H3. The van der Waals surface area contributed by atoms with Gasteiger partial charge < -0.3 is 4.57 Å². The summed E-state index contributed by atoms with van der Waals surface area (Å²) in [5.41, 5.74) is 0. The van der Waals surface area contributed by atoms with Gasteiger partial charge in [-0.1, -0.05) is 111 Å². The van der Waals surface area contributed by atoms with Crippen molar-refractivity contribution in [3.05, 3.63) is 18.2 Å². The lowest BCUT2D eigenvalue weighted by Crippen LogP contribution is -2.11. The lowest BCUT2D eigenvalue weighted by atomic mass is 10.00. The monoisotopic (exact) mass is 376 g/mol. The molecule has 2 nitrogen and oxygen atoms in total. The molecule has 2 heteroatoms. The summed E-state index contributed by atoms with van der Waals surface area (Å²) in [6.45, 7) is 9.32. The molecule has 0 fully saturated rings. The molecule has 1 aromatic heterocycles. The molecule has 0 aliphatic heterocycles. The van der Waals surface area contributed by atoms with Gasteiger partial charge in [0, 0.05) is 24.4 Å². The minimum atomic E-state index is 0.590. The van der Waals surface area contributed by atoms with E-state index >= 15 is 0 Å². The molecule has 0 saturated carbocycles. The van der Waals surface area contributed by atoms with Crippen LogP contribution in [0.1, 0.15) is 148 Å². The minimum Gasteiger partial charge on any atom is -0.332 e. The van der Waals surface area contributed by atoms with Crippen molar-refractivity contribution in [1.82, 2.24) is 9.55 Å². The zero-order chi connectivity index (χ0) is 19.7. The molecule has 0 radical (unpaired) electrons. The van der Waals surface area contributed by atoms with Crippen LogP contribution >= 0.6 is 0 Å². The van der Waals surface area contributed by atoms with Crippen molar-refractivity contribution in [3.8, 4) is 0 Å². The molecule has 0 aliphatic carbocycles. The van der Waals surface area contributed by atoms with E-state index in [9.17, 15) is 0 Å². The second-order valence-corrected chi connectivity index (χ2v) is 8.76. The highest BCUT2D eigenvalue weighted by Gasteiger charge is 2.15. The summed E-state index contributed by atoms with van der Waals surface area (Å²) in [5, 5.41) is 0. The normalized spacial score (nSPS) is 13.8. The van der Waals surface area contributed by atoms with E-state index in [1.54, 1.807) is 0 Å². The molecule has 0 amide bonds. The number of hydrogen-bond donors (Lipinski definition) is 0. The van der Waals surface area contributed by atoms with Gasteiger partial charge in [-0.25, -0.2) is 4.98 Å². The van der Waals surface area contributed by atoms with Crippen molar-refractivity contribution in [3.63, 3.8) is 0 Å². The van der Waals surface area contributed by atoms with Crippen LogP contribution in [0.25, 0.3) is 0 Å². The van der Waals surface area contributed by atoms with Gasteiger partial charge in [-0.2, -0.15) is 0 Å². The van der Waals surface area contributed by atoms with Gasteiger partial charge in [0.05, 0.1) is 0 Å². The molecule has 2 unspecified atom stereocenters. The zero-order valence-electron chi connectivity index (χ0n) is 19.0. The van der Waals surface area contributed by atoms with E-state index in [4.69, 9.17) is 4.98 Å². The molecule has 0 aromatic carbocycles. The van der Waals surface area contributed by atoms with Crippen LogP contribution < -0.4 is 0 Å². The summed E-state index contributed by atoms with van der Waals surface area (Å²) in [5.74, 6) is 1.91. The summed E-state index contributed by atoms with van der Waals surface area (Å²) in [4.78, 5) is 4.71. The lowest BCUT2D eigenvalue weighted by molar-refractivity contribution is 0.437. The number of unbranched alkanes of at least 4 members (excludes halogenated alkanes) is 12. The molecule has 0 spiro atoms. The van der Waals surface area contributed by atoms with Crippen LogP contribution in [-0.2, 0) is 0 Å². The van der Waals surface area contributed by atoms with E-state index in [1.165, 1.54) is 109 Å². The average molecular weight is 377 g/mol. The summed E-state index contributed by atoms with van der Waals surface area (Å²) in [6.07, 6.45) is 26.3. The van der Waals surface area contributed by atoms with Crippen LogP contribution in [0.3, 0.4) is 0 Å². The fraction of sp³-hybridized carbons (Fsp3) is 0.880. The van der Waals surface area contributed by atoms with Gasteiger partial charge >= 0.3 is 0 Å². The predicted molar refractivity (Wildman–Crippen MR) is 121 cm³/mol. The van der Waals surface area contributed by atoms with E-state index in [2.05, 4.69) is 38.5 Å². The van der Waals surface area contributed by atoms with Gasteiger partial charge in [0.2, 0.25) is 0 Å². The number of hydrogen-bond acceptors (Lipinski definition) is 1. The van der Waals surface area contributed by atoms with Crippen LogP contribution in [0.2, 0.25) is 0 Å². The van der Waals surface area contributed by atoms with Crippen LogP contribution in [0.5, 0.6) is 0 Å². The Bertz CT molecular complexity index is 437. The van der Waals surface area contributed by atoms with Crippen LogP contribution in [0.15, 0.2) is 12.4 Å². The molecule has 0 saturated heterocycles. The third-order valence-electron chi connectivity index (χ3n) is 6.08. The summed E-state index contributed by atoms with van der Waals surface area (Å²) in [7, 11) is 0. The van der Waals surface area contributed by atoms with Gasteiger partial charge in [0.1, 0.15) is 5.82 Å². The smallest absolute Gasteiger partial charge is 0.111 e. The maximum Gasteiger partial charge on any atom is 0.111 e. The van der Waals surface area contributed by atoms with Crippen molar-refractivity contribution in [1.29, 1.82) is 0 Å². The Balaban J connectivity index is 2.20. The van der Waals surface area contributed by atoms with Crippen molar-refractivity contribution in [2.24, 2.45) is 0 Å². The zero-order valence-corrected chi connectivity index (χ0v) is 19.0. The van der Waals surface area contributed by atoms with Crippen molar-refractivity contribution >= 4 is 0 Å². The van der Waals surface area contributed by atoms with E-state index in [-0.39, 0.29) is 0 Å². The first kappa shape index (κ1) is 24.2. The SMILES string of the molecule is CCCCCCCCCCCC(C)c1nccn1C(C)CCCCCCC. The number of imidazole rings is 1. The molecule has 0 aliphatic rings. The first-order valence-corrected chi connectivity index (χ1v) is 12.2. The largest absolute Gasteiger partial charge is 0.332 e. The Kier molecular flexibility index (Phi) is 14.5. The third kappa shape index (κ3) is 11.0. The van der Waals surface area contributed by atoms with Gasteiger partial charge in [0.25, 0.3) is 0 Å². The molecule has 1 heterocycles. The first-order chi connectivity index (χ1) is 13.2. The Morgan fingerprint density at radius 2 is 1.19 bits per heavy atom. The summed E-state index contributed by atoms with van der Waals surface area (Å²) >= 11 is 0. The number of aromatic nitrogens is 2. The van der Waals surface area contributed by atoms with Crippen molar-refractivity contribution in [2.75, 3.05) is 0 Å². The molecule has 0 bridgehead atoms. The molecule has 2 atom stereocenters. The molecule has 1 rings (SSSR count). The molecular weight excluding hydrogens is 328 g/mol. The topological polar surface area (TPSA) is 17.8 Å². The van der Waals surface area contributed by atoms with Crippen LogP contribution in [0.4, 0.5) is 0 Å². The fourth-order valence-corrected chi connectivity index (χ4v) is 4.15. The van der Waals surface area contributed by atoms with Gasteiger partial charge in [-0.15, -0.1) is 0 Å². The second kappa shape index (κ2) is 16.2. The molecule has 1 aromatic rings. The van der Waals surface area contributed by atoms with Gasteiger partial charge in [-0.3, -0.25) is 0 Å². The van der Waals surface area contributed by atoms with Crippen molar-refractivity contribution < 1.29 is 0 Å². The maximum absolute atomic E-state index is 4.71. The Morgan fingerprint density at radius 1 is 0.704 bits per heavy atom. The fourth-order valence-electron chi connectivity index (χ4n) is 4.15. The molecule has 0 N–H and O–H groups in total.